The molecule has 0 heterocycles. The van der Waals surface area contributed by atoms with Crippen molar-refractivity contribution in [2.45, 2.75) is 25.7 Å². The third-order valence-corrected chi connectivity index (χ3v) is 34.7. The molecule has 1 aliphatic carbocycles. The van der Waals surface area contributed by atoms with Crippen LogP contribution in [0, 0.1) is 0 Å². The van der Waals surface area contributed by atoms with Gasteiger partial charge in [0.1, 0.15) is 0 Å². The van der Waals surface area contributed by atoms with Gasteiger partial charge in [-0.1, -0.05) is 0 Å². The van der Waals surface area contributed by atoms with E-state index < -0.39 is 24.6 Å². The van der Waals surface area contributed by atoms with Gasteiger partial charge in [-0.05, 0) is 0 Å². The van der Waals surface area contributed by atoms with E-state index in [0.29, 0.717) is 0 Å². The molecule has 0 aromatic heterocycles. The molecule has 6 aromatic carbocycles. The van der Waals surface area contributed by atoms with E-state index in [1.165, 1.54) is 31.8 Å². The molecule has 0 radical (unpaired) electrons. The van der Waals surface area contributed by atoms with Gasteiger partial charge in [-0.25, -0.2) is 0 Å². The second kappa shape index (κ2) is 14.9. The van der Waals surface area contributed by atoms with Gasteiger partial charge in [-0.15, -0.1) is 0 Å². The van der Waals surface area contributed by atoms with E-state index in [4.69, 9.17) is 0 Å². The molecule has 47 heavy (non-hydrogen) atoms. The van der Waals surface area contributed by atoms with Gasteiger partial charge in [0.05, 0.1) is 0 Å². The van der Waals surface area contributed by atoms with Crippen molar-refractivity contribution in [3.8, 4) is 0 Å². The molecule has 1 aliphatic rings. The van der Waals surface area contributed by atoms with Crippen LogP contribution in [0.4, 0.5) is 0 Å². The van der Waals surface area contributed by atoms with Crippen molar-refractivity contribution >= 4 is 43.9 Å². The molecule has 0 saturated heterocycles. The Hall–Kier alpha value is -3.85. The molecular weight excluding hydrogens is 649 g/mol. The molecule has 0 bridgehead atoms. The van der Waals surface area contributed by atoms with Gasteiger partial charge in [0.2, 0.25) is 0 Å². The van der Waals surface area contributed by atoms with Crippen molar-refractivity contribution in [3.63, 3.8) is 0 Å². The normalized spacial score (nSPS) is 14.7. The number of hydrogen-bond acceptors (Lipinski definition) is 0. The van der Waals surface area contributed by atoms with E-state index in [0.717, 1.165) is 25.7 Å². The van der Waals surface area contributed by atoms with Crippen LogP contribution in [-0.2, 0) is 12.5 Å². The summed E-state index contributed by atoms with van der Waals surface area (Å²) in [5.41, 5.74) is 0. The van der Waals surface area contributed by atoms with Crippen LogP contribution in [0.15, 0.2) is 205 Å². The predicted octanol–water partition coefficient (Wildman–Crippen LogP) is 8.90. The van der Waals surface area contributed by atoms with Crippen LogP contribution in [0.5, 0.6) is 0 Å². The summed E-state index contributed by atoms with van der Waals surface area (Å²) in [6, 6.07) is 64.2. The van der Waals surface area contributed by atoms with E-state index in [1.54, 1.807) is 4.54 Å². The average Bonchev–Trinajstić information content (AvgIpc) is 3.14. The van der Waals surface area contributed by atoms with Crippen LogP contribution in [0.1, 0.15) is 25.7 Å². The minimum atomic E-state index is -2.85. The van der Waals surface area contributed by atoms with Gasteiger partial charge in [-0.2, -0.15) is 0 Å². The van der Waals surface area contributed by atoms with Crippen LogP contribution in [0.2, 0.25) is 0 Å². The van der Waals surface area contributed by atoms with Crippen molar-refractivity contribution in [2.75, 3.05) is 0 Å². The summed E-state index contributed by atoms with van der Waals surface area (Å²) in [6.45, 7) is 0. The van der Waals surface area contributed by atoms with Crippen LogP contribution in [-0.4, -0.2) is 0 Å². The van der Waals surface area contributed by atoms with E-state index in [9.17, 15) is 0 Å². The Bertz CT molecular complexity index is 1590. The summed E-state index contributed by atoms with van der Waals surface area (Å²) in [5.74, 6) is 0. The maximum atomic E-state index is 2.69. The Balaban J connectivity index is 1.75. The maximum absolute atomic E-state index is 2.85. The Morgan fingerprint density at radius 1 is 0.319 bits per heavy atom. The summed E-state index contributed by atoms with van der Waals surface area (Å²) in [4.78, 5) is 0. The fraction of sp³-hybridized carbons (Fsp3) is 0.0909. The van der Waals surface area contributed by atoms with Crippen LogP contribution in [0.3, 0.4) is 0 Å². The van der Waals surface area contributed by atoms with Gasteiger partial charge < -0.3 is 0 Å². The Morgan fingerprint density at radius 2 is 0.596 bits per heavy atom. The van der Waals surface area contributed by atoms with Gasteiger partial charge in [-0.3, -0.25) is 0 Å². The average molecular weight is 692 g/mol. The molecule has 0 amide bonds. The molecule has 0 N–H and O–H groups in total. The zero-order valence-corrected chi connectivity index (χ0v) is 29.7. The quantitative estimate of drug-likeness (QED) is 0.0807. The molecular formula is C44H43NiP2. The van der Waals surface area contributed by atoms with Crippen molar-refractivity contribution in [2.24, 2.45) is 0 Å². The van der Waals surface area contributed by atoms with Crippen molar-refractivity contribution in [1.82, 2.24) is 0 Å². The molecule has 3 heteroatoms. The number of benzene rings is 6. The van der Waals surface area contributed by atoms with Crippen LogP contribution < -0.4 is 31.8 Å². The SMILES string of the molecule is C1=CCC[C]([Ni]([PH](c2ccccc2)(c2ccccc2)c2ccccc2)[PH](c2ccccc2)(c2ccccc2)c2ccccc2)=CCC1. The first-order valence-corrected chi connectivity index (χ1v) is 23.7. The summed E-state index contributed by atoms with van der Waals surface area (Å²) in [7, 11) is 0. The van der Waals surface area contributed by atoms with E-state index in [1.807, 2.05) is 0 Å². The van der Waals surface area contributed by atoms with Crippen LogP contribution >= 0.6 is 12.1 Å². The second-order valence-electron chi connectivity index (χ2n) is 11.9. The summed E-state index contributed by atoms with van der Waals surface area (Å²) in [6.07, 6.45) is 11.8. The molecule has 0 saturated carbocycles. The Kier molecular flexibility index (Phi) is 10.1. The predicted molar refractivity (Wildman–Crippen MR) is 209 cm³/mol. The fourth-order valence-corrected chi connectivity index (χ4v) is 40.6. The number of rotatable bonds is 9. The Morgan fingerprint density at radius 3 is 0.894 bits per heavy atom. The Labute approximate surface area is 285 Å². The first kappa shape index (κ1) is 31.7. The number of allylic oxidation sites excluding steroid dienone is 4. The van der Waals surface area contributed by atoms with E-state index in [2.05, 4.69) is 200 Å². The van der Waals surface area contributed by atoms with Gasteiger partial charge >= 0.3 is 287 Å². The van der Waals surface area contributed by atoms with Gasteiger partial charge in [0.25, 0.3) is 0 Å². The second-order valence-corrected chi connectivity index (χ2v) is 27.5. The summed E-state index contributed by atoms with van der Waals surface area (Å²) < 4.78 is 1.67. The third kappa shape index (κ3) is 6.03. The van der Waals surface area contributed by atoms with Gasteiger partial charge in [0, 0.05) is 0 Å². The molecule has 0 atom stereocenters. The van der Waals surface area contributed by atoms with Gasteiger partial charge in [0.15, 0.2) is 0 Å². The summed E-state index contributed by atoms with van der Waals surface area (Å²) >= 11 is -0.461. The van der Waals surface area contributed by atoms with Crippen molar-refractivity contribution in [3.05, 3.63) is 205 Å². The topological polar surface area (TPSA) is 0 Å². The van der Waals surface area contributed by atoms with E-state index >= 15 is 0 Å². The molecule has 6 aromatic rings. The molecule has 0 fully saturated rings. The zero-order valence-electron chi connectivity index (χ0n) is 26.7. The van der Waals surface area contributed by atoms with Crippen molar-refractivity contribution < 1.29 is 12.5 Å². The van der Waals surface area contributed by atoms with Crippen LogP contribution in [0.25, 0.3) is 0 Å². The van der Waals surface area contributed by atoms with Crippen molar-refractivity contribution in [1.29, 1.82) is 0 Å². The molecule has 0 spiro atoms. The standard InChI is InChI=1S/2C18H15P.C8H11.Ni/c2*1-4-10-16(11-5-1)19(17-12-6-2-7-13-17)18-14-8-3-9-15-18;1-2-4-6-8-7-5-3-1;/h2*1-15H;1-2,7H,3-6H2;/q;;;-2/p+2. The molecule has 7 rings (SSSR count). The first-order chi connectivity index (χ1) is 23.4. The van der Waals surface area contributed by atoms with E-state index in [-0.39, 0.29) is 0 Å². The fourth-order valence-electron chi connectivity index (χ4n) is 7.00. The molecule has 0 nitrogen and oxygen atoms in total. The number of hydrogen-bond donors (Lipinski definition) is 0. The third-order valence-electron chi connectivity index (χ3n) is 8.99. The molecule has 0 unspecified atom stereocenters. The monoisotopic (exact) mass is 691 g/mol. The first-order valence-electron chi connectivity index (χ1n) is 16.6. The zero-order chi connectivity index (χ0) is 31.8. The minimum absolute atomic E-state index is 0.461. The molecule has 0 aliphatic heterocycles. The molecule has 239 valence electrons. The summed E-state index contributed by atoms with van der Waals surface area (Å²) in [5, 5.41) is 8.95.